The molecule has 1 saturated carbocycles. The minimum Gasteiger partial charge on any atom is -0.393 e. The van der Waals surface area contributed by atoms with Crippen LogP contribution in [0.3, 0.4) is 0 Å². The summed E-state index contributed by atoms with van der Waals surface area (Å²) in [6.07, 6.45) is 4.04. The minimum absolute atomic E-state index is 0.177. The van der Waals surface area contributed by atoms with Crippen molar-refractivity contribution in [3.05, 3.63) is 59.4 Å². The van der Waals surface area contributed by atoms with Gasteiger partial charge in [0.15, 0.2) is 5.82 Å². The highest BCUT2D eigenvalue weighted by Crippen LogP contribution is 2.23. The van der Waals surface area contributed by atoms with Gasteiger partial charge in [0.25, 0.3) is 0 Å². The molecule has 0 atom stereocenters. The Morgan fingerprint density at radius 2 is 1.82 bits per heavy atom. The monoisotopic (exact) mass is 378 g/mol. The number of nitrogens with one attached hydrogen (secondary N) is 3. The summed E-state index contributed by atoms with van der Waals surface area (Å²) in [5.74, 6) is 2.06. The Morgan fingerprint density at radius 1 is 1.04 bits per heavy atom. The molecule has 4 rings (SSSR count). The van der Waals surface area contributed by atoms with Gasteiger partial charge in [-0.25, -0.2) is 4.98 Å². The molecule has 3 aromatic rings. The van der Waals surface area contributed by atoms with Gasteiger partial charge >= 0.3 is 0 Å². The molecule has 7 nitrogen and oxygen atoms in total. The molecule has 1 fully saturated rings. The maximum absolute atomic E-state index is 9.73. The Bertz CT molecular complexity index is 902. The molecule has 1 aliphatic rings. The highest BCUT2D eigenvalue weighted by molar-refractivity contribution is 5.54. The van der Waals surface area contributed by atoms with Crippen molar-refractivity contribution in [3.8, 4) is 0 Å². The first-order valence-electron chi connectivity index (χ1n) is 9.79. The van der Waals surface area contributed by atoms with Gasteiger partial charge in [-0.15, -0.1) is 0 Å². The first-order chi connectivity index (χ1) is 13.6. The summed E-state index contributed by atoms with van der Waals surface area (Å²) in [7, 11) is 0. The van der Waals surface area contributed by atoms with Crippen molar-refractivity contribution in [3.63, 3.8) is 0 Å². The van der Waals surface area contributed by atoms with Gasteiger partial charge < -0.3 is 15.7 Å². The third-order valence-corrected chi connectivity index (χ3v) is 5.00. The number of H-pyrrole nitrogens is 1. The van der Waals surface area contributed by atoms with E-state index >= 15 is 0 Å². The lowest BCUT2D eigenvalue weighted by atomic mass is 9.93. The van der Waals surface area contributed by atoms with E-state index in [4.69, 9.17) is 4.98 Å². The van der Waals surface area contributed by atoms with E-state index in [1.807, 2.05) is 37.3 Å². The number of rotatable bonds is 6. The zero-order chi connectivity index (χ0) is 19.3. The molecule has 1 aliphatic carbocycles. The molecule has 1 aromatic carbocycles. The van der Waals surface area contributed by atoms with Gasteiger partial charge in [0, 0.05) is 30.3 Å². The summed E-state index contributed by atoms with van der Waals surface area (Å²) in [5, 5.41) is 23.6. The standard InChI is InChI=1S/C21H26N6O/c1-14-11-20(27-26-14)24-19-13-17(12-15-5-3-2-4-6-15)23-21(25-19)22-16-7-9-18(28)10-8-16/h2-6,11,13,16,18,28H,7-10,12H2,1H3,(H3,22,23,24,25,26,27). The van der Waals surface area contributed by atoms with E-state index in [1.165, 1.54) is 5.56 Å². The lowest BCUT2D eigenvalue weighted by molar-refractivity contribution is 0.126. The molecule has 0 unspecified atom stereocenters. The zero-order valence-electron chi connectivity index (χ0n) is 16.0. The van der Waals surface area contributed by atoms with Crippen molar-refractivity contribution < 1.29 is 5.11 Å². The smallest absolute Gasteiger partial charge is 0.225 e. The molecule has 2 heterocycles. The second-order valence-electron chi connectivity index (χ2n) is 7.44. The van der Waals surface area contributed by atoms with Crippen LogP contribution in [0.2, 0.25) is 0 Å². The Balaban J connectivity index is 1.56. The van der Waals surface area contributed by atoms with Crippen LogP contribution in [0.5, 0.6) is 0 Å². The first-order valence-corrected chi connectivity index (χ1v) is 9.79. The van der Waals surface area contributed by atoms with E-state index in [-0.39, 0.29) is 12.1 Å². The number of hydrogen-bond donors (Lipinski definition) is 4. The second kappa shape index (κ2) is 8.39. The van der Waals surface area contributed by atoms with Crippen LogP contribution in [-0.2, 0) is 6.42 Å². The third-order valence-electron chi connectivity index (χ3n) is 5.00. The van der Waals surface area contributed by atoms with Crippen LogP contribution in [-0.4, -0.2) is 37.4 Å². The van der Waals surface area contributed by atoms with Crippen LogP contribution in [0, 0.1) is 6.92 Å². The van der Waals surface area contributed by atoms with Crippen molar-refractivity contribution in [2.45, 2.75) is 51.2 Å². The average Bonchev–Trinajstić information content (AvgIpc) is 3.09. The van der Waals surface area contributed by atoms with Gasteiger partial charge in [0.05, 0.1) is 11.8 Å². The van der Waals surface area contributed by atoms with Gasteiger partial charge in [-0.1, -0.05) is 30.3 Å². The summed E-state index contributed by atoms with van der Waals surface area (Å²) in [4.78, 5) is 9.38. The SMILES string of the molecule is Cc1cc(Nc2cc(Cc3ccccc3)nc(NC3CCC(O)CC3)n2)n[nH]1. The fraction of sp³-hybridized carbons (Fsp3) is 0.381. The van der Waals surface area contributed by atoms with Crippen molar-refractivity contribution >= 4 is 17.6 Å². The van der Waals surface area contributed by atoms with E-state index in [0.29, 0.717) is 11.8 Å². The lowest BCUT2D eigenvalue weighted by Gasteiger charge is -2.26. The van der Waals surface area contributed by atoms with E-state index < -0.39 is 0 Å². The van der Waals surface area contributed by atoms with Gasteiger partial charge in [-0.05, 0) is 38.2 Å². The Morgan fingerprint density at radius 3 is 2.54 bits per heavy atom. The first kappa shape index (κ1) is 18.4. The molecule has 0 aliphatic heterocycles. The predicted molar refractivity (Wildman–Crippen MR) is 110 cm³/mol. The third kappa shape index (κ3) is 4.86. The van der Waals surface area contributed by atoms with Crippen LogP contribution in [0.4, 0.5) is 17.6 Å². The lowest BCUT2D eigenvalue weighted by Crippen LogP contribution is -2.29. The van der Waals surface area contributed by atoms with Crippen molar-refractivity contribution in [2.24, 2.45) is 0 Å². The van der Waals surface area contributed by atoms with Crippen LogP contribution >= 0.6 is 0 Å². The van der Waals surface area contributed by atoms with Gasteiger partial charge in [0.1, 0.15) is 5.82 Å². The molecule has 2 aromatic heterocycles. The number of aliphatic hydroxyl groups is 1. The molecule has 0 saturated heterocycles. The Kier molecular flexibility index (Phi) is 5.53. The van der Waals surface area contributed by atoms with E-state index in [9.17, 15) is 5.11 Å². The Hall–Kier alpha value is -2.93. The molecular weight excluding hydrogens is 352 g/mol. The largest absolute Gasteiger partial charge is 0.393 e. The Labute approximate surface area is 164 Å². The number of nitrogens with zero attached hydrogens (tertiary/aromatic N) is 3. The summed E-state index contributed by atoms with van der Waals surface area (Å²) in [6.45, 7) is 1.96. The number of benzene rings is 1. The number of hydrogen-bond acceptors (Lipinski definition) is 6. The van der Waals surface area contributed by atoms with E-state index in [1.54, 1.807) is 0 Å². The summed E-state index contributed by atoms with van der Waals surface area (Å²) >= 11 is 0. The van der Waals surface area contributed by atoms with Crippen molar-refractivity contribution in [1.82, 2.24) is 20.2 Å². The van der Waals surface area contributed by atoms with E-state index in [2.05, 4.69) is 37.9 Å². The quantitative estimate of drug-likeness (QED) is 0.523. The van der Waals surface area contributed by atoms with Crippen LogP contribution < -0.4 is 10.6 Å². The molecule has 0 amide bonds. The molecule has 0 spiro atoms. The maximum Gasteiger partial charge on any atom is 0.225 e. The average molecular weight is 378 g/mol. The van der Waals surface area contributed by atoms with Gasteiger partial charge in [-0.3, -0.25) is 5.10 Å². The minimum atomic E-state index is -0.177. The molecule has 146 valence electrons. The molecule has 0 radical (unpaired) electrons. The summed E-state index contributed by atoms with van der Waals surface area (Å²) in [5.41, 5.74) is 3.13. The number of aromatic nitrogens is 4. The molecule has 7 heteroatoms. The van der Waals surface area contributed by atoms with Crippen molar-refractivity contribution in [1.29, 1.82) is 0 Å². The van der Waals surface area contributed by atoms with E-state index in [0.717, 1.165) is 49.3 Å². The maximum atomic E-state index is 9.73. The van der Waals surface area contributed by atoms with Crippen LogP contribution in [0.1, 0.15) is 42.6 Å². The molecule has 28 heavy (non-hydrogen) atoms. The number of aliphatic hydroxyl groups excluding tert-OH is 1. The fourth-order valence-electron chi connectivity index (χ4n) is 3.54. The predicted octanol–water partition coefficient (Wildman–Crippen LogP) is 3.56. The molecule has 0 bridgehead atoms. The van der Waals surface area contributed by atoms with Gasteiger partial charge in [0.2, 0.25) is 5.95 Å². The normalized spacial score (nSPS) is 19.4. The summed E-state index contributed by atoms with van der Waals surface area (Å²) in [6, 6.07) is 14.5. The van der Waals surface area contributed by atoms with Crippen LogP contribution in [0.25, 0.3) is 0 Å². The molecule has 4 N–H and O–H groups in total. The van der Waals surface area contributed by atoms with Gasteiger partial charge in [-0.2, -0.15) is 10.1 Å². The second-order valence-corrected chi connectivity index (χ2v) is 7.44. The number of aromatic amines is 1. The van der Waals surface area contributed by atoms with Crippen LogP contribution in [0.15, 0.2) is 42.5 Å². The topological polar surface area (TPSA) is 98.8 Å². The highest BCUT2D eigenvalue weighted by atomic mass is 16.3. The van der Waals surface area contributed by atoms with Crippen molar-refractivity contribution in [2.75, 3.05) is 10.6 Å². The summed E-state index contributed by atoms with van der Waals surface area (Å²) < 4.78 is 0. The zero-order valence-corrected chi connectivity index (χ0v) is 16.0. The number of aryl methyl sites for hydroxylation is 1. The number of anilines is 3. The molecular formula is C21H26N6O. The fourth-order valence-corrected chi connectivity index (χ4v) is 3.54. The highest BCUT2D eigenvalue weighted by Gasteiger charge is 2.20.